The highest BCUT2D eigenvalue weighted by Crippen LogP contribution is 2.53. The van der Waals surface area contributed by atoms with Gasteiger partial charge in [-0.05, 0) is 113 Å². The first-order chi connectivity index (χ1) is 19.1. The zero-order valence-electron chi connectivity index (χ0n) is 24.6. The van der Waals surface area contributed by atoms with Crippen LogP contribution >= 0.6 is 0 Å². The maximum atomic E-state index is 12.3. The highest BCUT2D eigenvalue weighted by molar-refractivity contribution is 5.90. The van der Waals surface area contributed by atoms with Crippen molar-refractivity contribution in [2.75, 3.05) is 31.1 Å². The number of aliphatic hydroxyl groups excluding tert-OH is 1. The lowest BCUT2D eigenvalue weighted by Crippen LogP contribution is -2.49. The minimum absolute atomic E-state index is 0.0351. The fourth-order valence-corrected chi connectivity index (χ4v) is 8.19. The molecule has 5 unspecified atom stereocenters. The van der Waals surface area contributed by atoms with Gasteiger partial charge in [-0.1, -0.05) is 64.2 Å². The van der Waals surface area contributed by atoms with Gasteiger partial charge >= 0.3 is 6.09 Å². The molecule has 2 saturated heterocycles. The number of benzene rings is 1. The molecule has 3 heterocycles. The fraction of sp³-hybridized carbons (Fsp3) is 0.788. The third kappa shape index (κ3) is 7.56. The molecule has 1 saturated carbocycles. The number of nitrogens with zero attached hydrogens (tertiary/aromatic N) is 1. The first-order valence-corrected chi connectivity index (χ1v) is 16.3. The van der Waals surface area contributed by atoms with Gasteiger partial charge in [-0.25, -0.2) is 4.79 Å². The van der Waals surface area contributed by atoms with Crippen LogP contribution in [0.4, 0.5) is 10.5 Å². The topological polar surface area (TPSA) is 84.8 Å². The van der Waals surface area contributed by atoms with Gasteiger partial charge in [0, 0.05) is 5.92 Å². The first kappa shape index (κ1) is 30.3. The van der Waals surface area contributed by atoms with E-state index in [9.17, 15) is 15.0 Å². The predicted molar refractivity (Wildman–Crippen MR) is 161 cm³/mol. The molecule has 0 radical (unpaired) electrons. The minimum atomic E-state index is -0.763. The number of carbonyl (C=O) groups is 1. The van der Waals surface area contributed by atoms with Gasteiger partial charge in [-0.3, -0.25) is 4.90 Å². The van der Waals surface area contributed by atoms with E-state index in [1.54, 1.807) is 4.90 Å². The Bertz CT molecular complexity index is 868. The molecule has 0 spiro atoms. The molecule has 1 aliphatic carbocycles. The van der Waals surface area contributed by atoms with Gasteiger partial charge < -0.3 is 20.8 Å². The van der Waals surface area contributed by atoms with Gasteiger partial charge in [0.1, 0.15) is 0 Å². The van der Waals surface area contributed by atoms with Gasteiger partial charge in [0.05, 0.1) is 17.8 Å². The second-order valence-corrected chi connectivity index (χ2v) is 12.6. The van der Waals surface area contributed by atoms with E-state index >= 15 is 0 Å². The van der Waals surface area contributed by atoms with Crippen molar-refractivity contribution in [1.29, 1.82) is 0 Å². The molecular formula is C33H55N3O3. The van der Waals surface area contributed by atoms with Crippen molar-refractivity contribution < 1.29 is 15.0 Å². The number of anilines is 1. The van der Waals surface area contributed by atoms with Crippen LogP contribution in [-0.2, 0) is 0 Å². The number of hydrogen-bond acceptors (Lipinski definition) is 4. The molecular weight excluding hydrogens is 486 g/mol. The Balaban J connectivity index is 0.000000247. The minimum Gasteiger partial charge on any atom is -0.465 e. The molecule has 1 aromatic carbocycles. The lowest BCUT2D eigenvalue weighted by Gasteiger charge is -2.45. The molecule has 3 fully saturated rings. The SMILES string of the molecule is CCCCC(C1CCNCC1)C1CCCC2c3ccccc3N(C(=O)O)C21.CCCCC(O)C1CCNCC1. The number of amides is 1. The van der Waals surface area contributed by atoms with Crippen molar-refractivity contribution in [2.45, 2.75) is 115 Å². The van der Waals surface area contributed by atoms with Crippen molar-refractivity contribution >= 4 is 11.8 Å². The standard InChI is InChI=1S/C23H34N2O2.C10H21NO/c1-2-3-7-17(16-12-14-24-15-13-16)19-9-6-10-20-18-8-4-5-11-21(18)25(22(19)20)23(26)27;1-2-3-4-10(12)9-5-7-11-8-6-9/h4-5,8,11,16-17,19-20,22,24H,2-3,6-7,9-10,12-15H2,1H3,(H,26,27);9-12H,2-8H2,1H3. The zero-order chi connectivity index (χ0) is 27.6. The highest BCUT2D eigenvalue weighted by Gasteiger charge is 2.50. The fourth-order valence-electron chi connectivity index (χ4n) is 8.19. The van der Waals surface area contributed by atoms with Crippen LogP contribution in [0.3, 0.4) is 0 Å². The van der Waals surface area contributed by atoms with E-state index in [4.69, 9.17) is 0 Å². The summed E-state index contributed by atoms with van der Waals surface area (Å²) < 4.78 is 0. The third-order valence-corrected chi connectivity index (χ3v) is 10.2. The van der Waals surface area contributed by atoms with Crippen LogP contribution in [-0.4, -0.2) is 54.6 Å². The summed E-state index contributed by atoms with van der Waals surface area (Å²) in [5, 5.41) is 26.7. The molecule has 4 N–H and O–H groups in total. The number of piperidine rings is 2. The number of hydrogen-bond donors (Lipinski definition) is 4. The second-order valence-electron chi connectivity index (χ2n) is 12.6. The molecule has 39 heavy (non-hydrogen) atoms. The second kappa shape index (κ2) is 15.4. The van der Waals surface area contributed by atoms with Crippen molar-refractivity contribution in [3.8, 4) is 0 Å². The van der Waals surface area contributed by atoms with E-state index in [2.05, 4.69) is 36.6 Å². The van der Waals surface area contributed by atoms with Crippen molar-refractivity contribution in [3.63, 3.8) is 0 Å². The first-order valence-electron chi connectivity index (χ1n) is 16.3. The normalized spacial score (nSPS) is 27.2. The Morgan fingerprint density at radius 1 is 0.897 bits per heavy atom. The number of carboxylic acid groups (broad SMARTS) is 1. The Morgan fingerprint density at radius 3 is 2.15 bits per heavy atom. The van der Waals surface area contributed by atoms with E-state index in [1.807, 2.05) is 12.1 Å². The van der Waals surface area contributed by atoms with Gasteiger partial charge in [0.2, 0.25) is 0 Å². The van der Waals surface area contributed by atoms with Gasteiger partial charge in [-0.15, -0.1) is 0 Å². The molecule has 3 aliphatic heterocycles. The molecule has 5 atom stereocenters. The maximum absolute atomic E-state index is 12.3. The van der Waals surface area contributed by atoms with E-state index in [-0.39, 0.29) is 12.1 Å². The zero-order valence-corrected chi connectivity index (χ0v) is 24.6. The van der Waals surface area contributed by atoms with Gasteiger partial charge in [-0.2, -0.15) is 0 Å². The van der Waals surface area contributed by atoms with Crippen LogP contribution in [0.25, 0.3) is 0 Å². The largest absolute Gasteiger partial charge is 0.465 e. The van der Waals surface area contributed by atoms with Crippen LogP contribution in [0.2, 0.25) is 0 Å². The molecule has 0 aromatic heterocycles. The maximum Gasteiger partial charge on any atom is 0.412 e. The van der Waals surface area contributed by atoms with Crippen molar-refractivity contribution in [2.24, 2.45) is 23.7 Å². The van der Waals surface area contributed by atoms with E-state index in [0.717, 1.165) is 63.5 Å². The molecule has 5 rings (SSSR count). The average Bonchev–Trinajstić information content (AvgIpc) is 3.33. The molecule has 4 aliphatic rings. The summed E-state index contributed by atoms with van der Waals surface area (Å²) in [6.45, 7) is 8.88. The number of fused-ring (bicyclic) bond motifs is 3. The summed E-state index contributed by atoms with van der Waals surface area (Å²) >= 11 is 0. The molecule has 6 nitrogen and oxygen atoms in total. The molecule has 0 bridgehead atoms. The van der Waals surface area contributed by atoms with E-state index in [1.165, 1.54) is 63.4 Å². The molecule has 6 heteroatoms. The highest BCUT2D eigenvalue weighted by atomic mass is 16.4. The summed E-state index contributed by atoms with van der Waals surface area (Å²) in [5.41, 5.74) is 2.22. The van der Waals surface area contributed by atoms with E-state index in [0.29, 0.717) is 23.7 Å². The summed E-state index contributed by atoms with van der Waals surface area (Å²) in [7, 11) is 0. The van der Waals surface area contributed by atoms with Gasteiger partial charge in [0.25, 0.3) is 0 Å². The number of unbranched alkanes of at least 4 members (excludes halogenated alkanes) is 2. The Morgan fingerprint density at radius 2 is 1.51 bits per heavy atom. The number of rotatable bonds is 9. The smallest absolute Gasteiger partial charge is 0.412 e. The third-order valence-electron chi connectivity index (χ3n) is 10.2. The Hall–Kier alpha value is -1.63. The quantitative estimate of drug-likeness (QED) is 0.277. The predicted octanol–water partition coefficient (Wildman–Crippen LogP) is 6.78. The number of para-hydroxylation sites is 1. The monoisotopic (exact) mass is 541 g/mol. The summed E-state index contributed by atoms with van der Waals surface area (Å²) in [4.78, 5) is 14.0. The van der Waals surface area contributed by atoms with Crippen LogP contribution in [0.1, 0.15) is 109 Å². The number of aliphatic hydroxyl groups is 1. The van der Waals surface area contributed by atoms with Crippen LogP contribution < -0.4 is 15.5 Å². The summed E-state index contributed by atoms with van der Waals surface area (Å²) in [6, 6.07) is 8.40. The van der Waals surface area contributed by atoms with Crippen molar-refractivity contribution in [3.05, 3.63) is 29.8 Å². The summed E-state index contributed by atoms with van der Waals surface area (Å²) in [6.07, 6.45) is 14.7. The van der Waals surface area contributed by atoms with Crippen LogP contribution in [0.5, 0.6) is 0 Å². The van der Waals surface area contributed by atoms with Crippen molar-refractivity contribution in [1.82, 2.24) is 10.6 Å². The lowest BCUT2D eigenvalue weighted by atomic mass is 9.64. The average molecular weight is 542 g/mol. The molecule has 1 aromatic rings. The van der Waals surface area contributed by atoms with Crippen LogP contribution in [0.15, 0.2) is 24.3 Å². The van der Waals surface area contributed by atoms with E-state index < -0.39 is 6.09 Å². The number of nitrogens with one attached hydrogen (secondary N) is 2. The summed E-state index contributed by atoms with van der Waals surface area (Å²) in [5.74, 6) is 2.87. The van der Waals surface area contributed by atoms with Gasteiger partial charge in [0.15, 0.2) is 0 Å². The Kier molecular flexibility index (Phi) is 12.0. The Labute approximate surface area is 237 Å². The van der Waals surface area contributed by atoms with Crippen LogP contribution in [0, 0.1) is 23.7 Å². The molecule has 220 valence electrons. The molecule has 1 amide bonds. The lowest BCUT2D eigenvalue weighted by molar-refractivity contribution is 0.0790.